The molecule has 0 bridgehead atoms. The standard InChI is InChI=1S/C22H28N6O5/c1-5-8-19(30)32-16-10-7-6-9-14(16)27-28-15-11-12-17(26-20(15)23)25-18(29)13-24-21(31)33-22(2,3)4/h6-7,9-12H,5,8,13H2,1-4H3,(H,24,31)(H3,23,25,26,29)/b28-27+. The molecule has 1 aromatic heterocycles. The van der Waals surface area contributed by atoms with Gasteiger partial charge >= 0.3 is 12.1 Å². The van der Waals surface area contributed by atoms with Gasteiger partial charge in [0, 0.05) is 6.42 Å². The number of nitrogens with one attached hydrogen (secondary N) is 2. The first-order valence-corrected chi connectivity index (χ1v) is 10.3. The van der Waals surface area contributed by atoms with Crippen LogP contribution in [0.2, 0.25) is 0 Å². The quantitative estimate of drug-likeness (QED) is 0.304. The Bertz CT molecular complexity index is 1030. The number of alkyl carbamates (subject to hydrolysis) is 1. The number of aromatic nitrogens is 1. The van der Waals surface area contributed by atoms with Crippen molar-refractivity contribution < 1.29 is 23.9 Å². The normalized spacial score (nSPS) is 11.2. The van der Waals surface area contributed by atoms with Crippen molar-refractivity contribution in [2.24, 2.45) is 10.2 Å². The first kappa shape index (κ1) is 25.2. The zero-order valence-electron chi connectivity index (χ0n) is 19.0. The number of amides is 2. The SMILES string of the molecule is CCCC(=O)Oc1ccccc1/N=N/c1ccc(NC(=O)CNC(=O)OC(C)(C)C)nc1N. The predicted octanol–water partition coefficient (Wildman–Crippen LogP) is 4.25. The Morgan fingerprint density at radius 2 is 1.76 bits per heavy atom. The molecular formula is C22H28N6O5. The molecule has 11 heteroatoms. The number of rotatable bonds is 8. The van der Waals surface area contributed by atoms with Crippen LogP contribution in [0.1, 0.15) is 40.5 Å². The Balaban J connectivity index is 2.00. The molecule has 1 aromatic carbocycles. The molecule has 1 heterocycles. The van der Waals surface area contributed by atoms with Crippen molar-refractivity contribution >= 4 is 41.0 Å². The molecule has 0 saturated carbocycles. The topological polar surface area (TPSA) is 157 Å². The molecule has 0 unspecified atom stereocenters. The Morgan fingerprint density at radius 1 is 1.06 bits per heavy atom. The number of pyridine rings is 1. The summed E-state index contributed by atoms with van der Waals surface area (Å²) in [6.07, 6.45) is 0.259. The molecule has 0 atom stereocenters. The number of nitrogens with two attached hydrogens (primary N) is 1. The first-order chi connectivity index (χ1) is 15.6. The fourth-order valence-electron chi connectivity index (χ4n) is 2.39. The molecule has 0 aliphatic heterocycles. The molecule has 0 spiro atoms. The monoisotopic (exact) mass is 456 g/mol. The van der Waals surface area contributed by atoms with Gasteiger partial charge in [0.25, 0.3) is 0 Å². The fourth-order valence-corrected chi connectivity index (χ4v) is 2.39. The summed E-state index contributed by atoms with van der Waals surface area (Å²) in [7, 11) is 0. The Labute approximate surface area is 191 Å². The molecule has 33 heavy (non-hydrogen) atoms. The number of carbonyl (C=O) groups excluding carboxylic acids is 3. The highest BCUT2D eigenvalue weighted by atomic mass is 16.6. The summed E-state index contributed by atoms with van der Waals surface area (Å²) in [5, 5.41) is 13.0. The molecule has 0 saturated heterocycles. The lowest BCUT2D eigenvalue weighted by Gasteiger charge is -2.19. The molecule has 0 aliphatic rings. The smallest absolute Gasteiger partial charge is 0.408 e. The number of nitrogens with zero attached hydrogens (tertiary/aromatic N) is 3. The summed E-state index contributed by atoms with van der Waals surface area (Å²) in [6.45, 7) is 6.74. The lowest BCUT2D eigenvalue weighted by atomic mass is 10.2. The van der Waals surface area contributed by atoms with Gasteiger partial charge in [-0.3, -0.25) is 9.59 Å². The van der Waals surface area contributed by atoms with Crippen molar-refractivity contribution in [2.75, 3.05) is 17.6 Å². The van der Waals surface area contributed by atoms with Crippen LogP contribution in [-0.4, -0.2) is 35.1 Å². The van der Waals surface area contributed by atoms with Crippen LogP contribution in [0.15, 0.2) is 46.6 Å². The van der Waals surface area contributed by atoms with Crippen molar-refractivity contribution in [3.05, 3.63) is 36.4 Å². The summed E-state index contributed by atoms with van der Waals surface area (Å²) in [6, 6.07) is 9.73. The molecular weight excluding hydrogens is 428 g/mol. The van der Waals surface area contributed by atoms with Crippen molar-refractivity contribution in [1.29, 1.82) is 0 Å². The lowest BCUT2D eigenvalue weighted by Crippen LogP contribution is -2.37. The average molecular weight is 457 g/mol. The number of azo groups is 1. The van der Waals surface area contributed by atoms with Gasteiger partial charge < -0.3 is 25.8 Å². The zero-order valence-corrected chi connectivity index (χ0v) is 19.0. The summed E-state index contributed by atoms with van der Waals surface area (Å²) in [5.41, 5.74) is 5.86. The largest absolute Gasteiger partial charge is 0.444 e. The number of nitrogen functional groups attached to an aromatic ring is 1. The highest BCUT2D eigenvalue weighted by Crippen LogP contribution is 2.30. The number of anilines is 2. The van der Waals surface area contributed by atoms with Gasteiger partial charge in [-0.25, -0.2) is 9.78 Å². The maximum absolute atomic E-state index is 12.0. The molecule has 11 nitrogen and oxygen atoms in total. The van der Waals surface area contributed by atoms with Crippen LogP contribution >= 0.6 is 0 Å². The van der Waals surface area contributed by atoms with Crippen LogP contribution in [0.3, 0.4) is 0 Å². The first-order valence-electron chi connectivity index (χ1n) is 10.3. The summed E-state index contributed by atoms with van der Waals surface area (Å²) >= 11 is 0. The molecule has 0 radical (unpaired) electrons. The molecule has 2 rings (SSSR count). The van der Waals surface area contributed by atoms with Crippen LogP contribution in [-0.2, 0) is 14.3 Å². The Hall–Kier alpha value is -4.02. The minimum Gasteiger partial charge on any atom is -0.444 e. The van der Waals surface area contributed by atoms with Gasteiger partial charge in [-0.2, -0.15) is 0 Å². The van der Waals surface area contributed by atoms with Crippen LogP contribution in [0.25, 0.3) is 0 Å². The molecule has 0 fully saturated rings. The highest BCUT2D eigenvalue weighted by molar-refractivity contribution is 5.93. The van der Waals surface area contributed by atoms with Gasteiger partial charge in [0.05, 0.1) is 0 Å². The number of carbonyl (C=O) groups is 3. The van der Waals surface area contributed by atoms with E-state index >= 15 is 0 Å². The van der Waals surface area contributed by atoms with E-state index in [4.69, 9.17) is 15.2 Å². The number of ether oxygens (including phenoxy) is 2. The second-order valence-corrected chi connectivity index (χ2v) is 7.90. The number of para-hydroxylation sites is 1. The second-order valence-electron chi connectivity index (χ2n) is 7.90. The van der Waals surface area contributed by atoms with E-state index in [-0.39, 0.29) is 35.6 Å². The van der Waals surface area contributed by atoms with Crippen LogP contribution in [0.5, 0.6) is 5.75 Å². The Morgan fingerprint density at radius 3 is 2.42 bits per heavy atom. The molecule has 4 N–H and O–H groups in total. The van der Waals surface area contributed by atoms with E-state index in [1.54, 1.807) is 45.0 Å². The minimum atomic E-state index is -0.707. The van der Waals surface area contributed by atoms with E-state index < -0.39 is 17.6 Å². The van der Waals surface area contributed by atoms with E-state index in [0.29, 0.717) is 18.5 Å². The highest BCUT2D eigenvalue weighted by Gasteiger charge is 2.17. The average Bonchev–Trinajstić information content (AvgIpc) is 2.71. The van der Waals surface area contributed by atoms with Crippen molar-refractivity contribution in [3.63, 3.8) is 0 Å². The number of hydrogen-bond acceptors (Lipinski definition) is 9. The second kappa shape index (κ2) is 11.6. The van der Waals surface area contributed by atoms with Gasteiger partial charge in [-0.05, 0) is 51.5 Å². The zero-order chi connectivity index (χ0) is 24.4. The number of benzene rings is 1. The van der Waals surface area contributed by atoms with E-state index in [1.165, 1.54) is 12.1 Å². The maximum atomic E-state index is 12.0. The summed E-state index contributed by atoms with van der Waals surface area (Å²) in [4.78, 5) is 39.5. The molecule has 176 valence electrons. The van der Waals surface area contributed by atoms with Gasteiger partial charge in [0.2, 0.25) is 5.91 Å². The van der Waals surface area contributed by atoms with Crippen LogP contribution in [0.4, 0.5) is 27.8 Å². The maximum Gasteiger partial charge on any atom is 0.408 e. The van der Waals surface area contributed by atoms with Gasteiger partial charge in [-0.1, -0.05) is 19.1 Å². The minimum absolute atomic E-state index is 0.0251. The third-order valence-corrected chi connectivity index (χ3v) is 3.77. The van der Waals surface area contributed by atoms with E-state index in [1.807, 2.05) is 6.92 Å². The lowest BCUT2D eigenvalue weighted by molar-refractivity contribution is -0.134. The number of esters is 1. The summed E-state index contributed by atoms with van der Waals surface area (Å²) < 4.78 is 10.4. The van der Waals surface area contributed by atoms with Gasteiger partial charge in [-0.15, -0.1) is 10.2 Å². The summed E-state index contributed by atoms with van der Waals surface area (Å²) in [5.74, 6) is -0.381. The van der Waals surface area contributed by atoms with Gasteiger partial charge in [0.1, 0.15) is 29.3 Å². The molecule has 2 amide bonds. The molecule has 0 aliphatic carbocycles. The van der Waals surface area contributed by atoms with Crippen molar-refractivity contribution in [2.45, 2.75) is 46.1 Å². The fraction of sp³-hybridized carbons (Fsp3) is 0.364. The Kier molecular flexibility index (Phi) is 8.84. The van der Waals surface area contributed by atoms with E-state index in [0.717, 1.165) is 0 Å². The third kappa shape index (κ3) is 8.93. The molecule has 2 aromatic rings. The number of hydrogen-bond donors (Lipinski definition) is 3. The van der Waals surface area contributed by atoms with E-state index in [9.17, 15) is 14.4 Å². The van der Waals surface area contributed by atoms with Crippen molar-refractivity contribution in [1.82, 2.24) is 10.3 Å². The van der Waals surface area contributed by atoms with Gasteiger partial charge in [0.15, 0.2) is 11.6 Å². The van der Waals surface area contributed by atoms with Crippen LogP contribution in [0, 0.1) is 0 Å². The predicted molar refractivity (Wildman–Crippen MR) is 123 cm³/mol. The van der Waals surface area contributed by atoms with Crippen molar-refractivity contribution in [3.8, 4) is 5.75 Å². The van der Waals surface area contributed by atoms with Crippen LogP contribution < -0.4 is 21.1 Å². The third-order valence-electron chi connectivity index (χ3n) is 3.77. The van der Waals surface area contributed by atoms with E-state index in [2.05, 4.69) is 25.8 Å².